The monoisotopic (exact) mass is 704 g/mol. The van der Waals surface area contributed by atoms with Gasteiger partial charge in [-0.05, 0) is 61.9 Å². The third kappa shape index (κ3) is 7.16. The number of thiol groups is 1. The molecule has 1 N–H and O–H groups in total. The quantitative estimate of drug-likeness (QED) is 0.151. The van der Waals surface area contributed by atoms with Crippen LogP contribution in [-0.2, 0) is 6.54 Å². The maximum Gasteiger partial charge on any atom is 0.258 e. The first kappa shape index (κ1) is 33.4. The van der Waals surface area contributed by atoms with E-state index in [4.69, 9.17) is 32.7 Å². The van der Waals surface area contributed by atoms with Crippen molar-refractivity contribution < 1.29 is 23.5 Å². The number of rotatable bonds is 9. The summed E-state index contributed by atoms with van der Waals surface area (Å²) in [6.45, 7) is 3.13. The van der Waals surface area contributed by atoms with Crippen molar-refractivity contribution in [3.05, 3.63) is 123 Å². The van der Waals surface area contributed by atoms with Crippen LogP contribution >= 0.6 is 35.8 Å². The van der Waals surface area contributed by atoms with Gasteiger partial charge in [0.2, 0.25) is 0 Å². The van der Waals surface area contributed by atoms with Crippen LogP contribution in [0.2, 0.25) is 10.0 Å². The zero-order valence-corrected chi connectivity index (χ0v) is 28.3. The molecule has 48 heavy (non-hydrogen) atoms. The lowest BCUT2D eigenvalue weighted by atomic mass is 10.1. The number of benzene rings is 4. The summed E-state index contributed by atoms with van der Waals surface area (Å²) in [5, 5.41) is 7.81. The highest BCUT2D eigenvalue weighted by Crippen LogP contribution is 2.41. The summed E-state index contributed by atoms with van der Waals surface area (Å²) >= 11 is 16.8. The molecular formula is C36H31Cl2FN4O4S. The molecule has 5 aromatic rings. The van der Waals surface area contributed by atoms with E-state index in [9.17, 15) is 9.59 Å². The fraction of sp³-hybridized carbons (Fsp3) is 0.194. The molecule has 2 amide bonds. The van der Waals surface area contributed by atoms with Crippen molar-refractivity contribution in [2.75, 3.05) is 30.3 Å². The van der Waals surface area contributed by atoms with E-state index in [0.29, 0.717) is 71.0 Å². The Labute approximate surface area is 292 Å². The number of nitrogens with one attached hydrogen (secondary N) is 1. The average Bonchev–Trinajstić information content (AvgIpc) is 3.44. The van der Waals surface area contributed by atoms with E-state index in [2.05, 4.69) is 23.0 Å². The van der Waals surface area contributed by atoms with E-state index >= 15 is 4.39 Å². The number of carbonyl (C=O) groups excluding carboxylic acids is 2. The Hall–Kier alpha value is -4.51. The minimum absolute atomic E-state index is 0.0385. The number of amides is 2. The van der Waals surface area contributed by atoms with Crippen LogP contribution < -0.4 is 19.7 Å². The number of hydrogen-bond acceptors (Lipinski definition) is 6. The highest BCUT2D eigenvalue weighted by molar-refractivity contribution is 7.80. The summed E-state index contributed by atoms with van der Waals surface area (Å²) in [6.07, 6.45) is 4.04. The number of nitrogens with zero attached hydrogens (tertiary/aromatic N) is 3. The van der Waals surface area contributed by atoms with Gasteiger partial charge < -0.3 is 19.7 Å². The molecule has 246 valence electrons. The molecular weight excluding hydrogens is 674 g/mol. The van der Waals surface area contributed by atoms with Gasteiger partial charge in [-0.25, -0.2) is 4.39 Å². The number of fused-ring (bicyclic) bond motifs is 1. The minimum atomic E-state index is -0.612. The predicted octanol–water partition coefficient (Wildman–Crippen LogP) is 8.23. The first-order valence-corrected chi connectivity index (χ1v) is 16.6. The fourth-order valence-electron chi connectivity index (χ4n) is 5.43. The van der Waals surface area contributed by atoms with Gasteiger partial charge in [0.25, 0.3) is 11.8 Å². The maximum absolute atomic E-state index is 15.1. The van der Waals surface area contributed by atoms with Gasteiger partial charge in [-0.2, -0.15) is 17.7 Å². The molecule has 0 fully saturated rings. The van der Waals surface area contributed by atoms with Gasteiger partial charge in [0.05, 0.1) is 25.0 Å². The van der Waals surface area contributed by atoms with Gasteiger partial charge >= 0.3 is 0 Å². The van der Waals surface area contributed by atoms with Gasteiger partial charge in [-0.15, -0.1) is 0 Å². The van der Waals surface area contributed by atoms with Crippen molar-refractivity contribution >= 4 is 53.3 Å². The summed E-state index contributed by atoms with van der Waals surface area (Å²) < 4.78 is 29.0. The van der Waals surface area contributed by atoms with Crippen molar-refractivity contribution in [2.45, 2.75) is 19.9 Å². The molecule has 0 atom stereocenters. The molecule has 0 unspecified atom stereocenters. The molecule has 0 saturated heterocycles. The average molecular weight is 706 g/mol. The van der Waals surface area contributed by atoms with Crippen LogP contribution in [0.15, 0.2) is 85.2 Å². The molecule has 1 aliphatic rings. The van der Waals surface area contributed by atoms with Crippen molar-refractivity contribution in [3.63, 3.8) is 0 Å². The van der Waals surface area contributed by atoms with Gasteiger partial charge in [0, 0.05) is 68.5 Å². The van der Waals surface area contributed by atoms with Crippen molar-refractivity contribution in [3.8, 4) is 28.4 Å². The highest BCUT2D eigenvalue weighted by atomic mass is 35.5. The Bertz CT molecular complexity index is 1980. The summed E-state index contributed by atoms with van der Waals surface area (Å²) in [5.74, 6) is 0.894. The molecule has 0 aliphatic carbocycles. The van der Waals surface area contributed by atoms with Crippen LogP contribution in [0.5, 0.6) is 17.2 Å². The Morgan fingerprint density at radius 3 is 2.67 bits per heavy atom. The zero-order chi connectivity index (χ0) is 33.8. The van der Waals surface area contributed by atoms with Crippen molar-refractivity contribution in [1.82, 2.24) is 15.1 Å². The van der Waals surface area contributed by atoms with Gasteiger partial charge in [0.15, 0.2) is 5.75 Å². The molecule has 1 aromatic heterocycles. The number of aromatic nitrogens is 2. The molecule has 4 aromatic carbocycles. The predicted molar refractivity (Wildman–Crippen MR) is 189 cm³/mol. The molecule has 8 nitrogen and oxygen atoms in total. The van der Waals surface area contributed by atoms with Crippen LogP contribution in [0.1, 0.15) is 38.3 Å². The summed E-state index contributed by atoms with van der Waals surface area (Å²) in [4.78, 5) is 28.0. The topological polar surface area (TPSA) is 85.7 Å². The largest absolute Gasteiger partial charge is 0.491 e. The lowest BCUT2D eigenvalue weighted by Crippen LogP contribution is -2.31. The van der Waals surface area contributed by atoms with E-state index in [0.717, 1.165) is 17.2 Å². The second kappa shape index (κ2) is 14.7. The Morgan fingerprint density at radius 1 is 1.04 bits per heavy atom. The Balaban J connectivity index is 1.25. The Morgan fingerprint density at radius 2 is 1.85 bits per heavy atom. The summed E-state index contributed by atoms with van der Waals surface area (Å²) in [5.41, 5.74) is 3.67. The number of carbonyl (C=O) groups is 2. The van der Waals surface area contributed by atoms with E-state index in [-0.39, 0.29) is 28.6 Å². The number of para-hydroxylation sites is 1. The minimum Gasteiger partial charge on any atom is -0.491 e. The van der Waals surface area contributed by atoms with Gasteiger partial charge in [-0.1, -0.05) is 47.5 Å². The SMILES string of the molecule is Cc1c(Cl)cccc1Oc1cccc(C(=O)N2CCCOc3c(-c4cnn(Cc5c(F)cc(C(=O)NCCS)cc5Cl)c4)cccc32)c1. The van der Waals surface area contributed by atoms with Crippen molar-refractivity contribution in [2.24, 2.45) is 0 Å². The van der Waals surface area contributed by atoms with Crippen LogP contribution in [-0.4, -0.2) is 47.0 Å². The normalized spacial score (nSPS) is 12.6. The summed E-state index contributed by atoms with van der Waals surface area (Å²) in [7, 11) is 0. The van der Waals surface area contributed by atoms with E-state index in [1.165, 1.54) is 6.07 Å². The first-order valence-electron chi connectivity index (χ1n) is 15.2. The summed E-state index contributed by atoms with van der Waals surface area (Å²) in [6, 6.07) is 20.7. The number of anilines is 1. The van der Waals surface area contributed by atoms with Crippen LogP contribution in [0.25, 0.3) is 11.1 Å². The number of halogens is 3. The third-order valence-electron chi connectivity index (χ3n) is 7.89. The third-order valence-corrected chi connectivity index (χ3v) is 8.86. The second-order valence-electron chi connectivity index (χ2n) is 11.1. The molecule has 12 heteroatoms. The second-order valence-corrected chi connectivity index (χ2v) is 12.4. The zero-order valence-electron chi connectivity index (χ0n) is 25.9. The molecule has 0 saturated carbocycles. The lowest BCUT2D eigenvalue weighted by Gasteiger charge is -2.23. The number of ether oxygens (including phenoxy) is 2. The standard InChI is InChI=1S/C36H31Cl2FN4O4S/c1-22-29(37)9-4-11-33(22)47-26-7-2-6-23(16-26)36(45)43-13-5-14-46-34-27(8-3-10-32(34)43)25-19-41-42(20-25)21-28-30(38)17-24(18-31(28)39)35(44)40-12-15-48/h2-4,6-11,16-20,48H,5,12-15,21H2,1H3,(H,40,44). The molecule has 0 radical (unpaired) electrons. The first-order chi connectivity index (χ1) is 23.2. The van der Waals surface area contributed by atoms with Gasteiger partial charge in [0.1, 0.15) is 17.3 Å². The smallest absolute Gasteiger partial charge is 0.258 e. The molecule has 1 aliphatic heterocycles. The van der Waals surface area contributed by atoms with Crippen LogP contribution in [0.3, 0.4) is 0 Å². The number of hydrogen-bond donors (Lipinski definition) is 2. The lowest BCUT2D eigenvalue weighted by molar-refractivity contribution is 0.0954. The van der Waals surface area contributed by atoms with E-state index < -0.39 is 11.7 Å². The molecule has 0 spiro atoms. The van der Waals surface area contributed by atoms with Crippen molar-refractivity contribution in [1.29, 1.82) is 0 Å². The van der Waals surface area contributed by atoms with Crippen LogP contribution in [0, 0.1) is 12.7 Å². The van der Waals surface area contributed by atoms with E-state index in [1.807, 2.05) is 37.3 Å². The maximum atomic E-state index is 15.1. The van der Waals surface area contributed by atoms with E-state index in [1.54, 1.807) is 52.3 Å². The van der Waals surface area contributed by atoms with Gasteiger partial charge in [-0.3, -0.25) is 14.3 Å². The molecule has 0 bridgehead atoms. The molecule has 2 heterocycles. The Kier molecular flexibility index (Phi) is 10.2. The fourth-order valence-corrected chi connectivity index (χ4v) is 5.97. The van der Waals surface area contributed by atoms with Crippen LogP contribution in [0.4, 0.5) is 10.1 Å². The highest BCUT2D eigenvalue weighted by Gasteiger charge is 2.26. The molecule has 6 rings (SSSR count).